The summed E-state index contributed by atoms with van der Waals surface area (Å²) in [5.41, 5.74) is 1.79. The first kappa shape index (κ1) is 15.8. The van der Waals surface area contributed by atoms with Gasteiger partial charge in [0.1, 0.15) is 5.15 Å². The first-order valence-electron chi connectivity index (χ1n) is 7.23. The van der Waals surface area contributed by atoms with Gasteiger partial charge in [0.25, 0.3) is 0 Å². The van der Waals surface area contributed by atoms with Crippen LogP contribution in [0.1, 0.15) is 24.6 Å². The second-order valence-corrected chi connectivity index (χ2v) is 5.82. The molecule has 2 atom stereocenters. The molecule has 2 heterocycles. The Hall–Kier alpha value is -0.620. The van der Waals surface area contributed by atoms with Crippen LogP contribution in [0.2, 0.25) is 5.15 Å². The van der Waals surface area contributed by atoms with E-state index in [1.807, 2.05) is 14.0 Å². The number of nitrogens with zero attached hydrogens (tertiary/aromatic N) is 3. The van der Waals surface area contributed by atoms with E-state index in [2.05, 4.69) is 16.9 Å². The maximum Gasteiger partial charge on any atom is 0.130 e. The van der Waals surface area contributed by atoms with Gasteiger partial charge in [-0.25, -0.2) is 0 Å². The summed E-state index contributed by atoms with van der Waals surface area (Å²) in [7, 11) is 1.81. The van der Waals surface area contributed by atoms with Crippen molar-refractivity contribution in [3.63, 3.8) is 0 Å². The second kappa shape index (κ2) is 6.89. The highest BCUT2D eigenvalue weighted by molar-refractivity contribution is 6.30. The van der Waals surface area contributed by atoms with Crippen LogP contribution in [0.15, 0.2) is 0 Å². The molecule has 1 fully saturated rings. The molecule has 0 bridgehead atoms. The fraction of sp³-hybridized carbons (Fsp3) is 0.786. The number of aryl methyl sites for hydroxylation is 2. The van der Waals surface area contributed by atoms with Crippen molar-refractivity contribution in [1.82, 2.24) is 14.7 Å². The van der Waals surface area contributed by atoms with Crippen molar-refractivity contribution in [1.29, 1.82) is 0 Å². The predicted octanol–water partition coefficient (Wildman–Crippen LogP) is 1.40. The summed E-state index contributed by atoms with van der Waals surface area (Å²) >= 11 is 6.21. The number of aromatic nitrogens is 2. The summed E-state index contributed by atoms with van der Waals surface area (Å²) in [6, 6.07) is 0. The van der Waals surface area contributed by atoms with Crippen molar-refractivity contribution < 1.29 is 9.84 Å². The lowest BCUT2D eigenvalue weighted by Crippen LogP contribution is -2.48. The standard InChI is InChI=1S/C14H24ClN3O2/c1-4-5-18-6-7-20-13(9-18)12(19)8-11-10(2)16-17(3)14(11)15/h12-13,19H,4-9H2,1-3H3. The van der Waals surface area contributed by atoms with Crippen LogP contribution in [-0.4, -0.2) is 58.2 Å². The first-order valence-corrected chi connectivity index (χ1v) is 7.60. The zero-order chi connectivity index (χ0) is 14.7. The molecule has 1 aromatic heterocycles. The van der Waals surface area contributed by atoms with E-state index >= 15 is 0 Å². The van der Waals surface area contributed by atoms with Gasteiger partial charge in [-0.1, -0.05) is 18.5 Å². The first-order chi connectivity index (χ1) is 9.52. The van der Waals surface area contributed by atoms with Gasteiger partial charge >= 0.3 is 0 Å². The third-order valence-corrected chi connectivity index (χ3v) is 4.30. The SMILES string of the molecule is CCCN1CCOC(C(O)Cc2c(C)nn(C)c2Cl)C1. The van der Waals surface area contributed by atoms with Gasteiger partial charge in [0.2, 0.25) is 0 Å². The molecule has 0 saturated carbocycles. The molecule has 1 N–H and O–H groups in total. The van der Waals surface area contributed by atoms with Gasteiger partial charge < -0.3 is 9.84 Å². The largest absolute Gasteiger partial charge is 0.390 e. The highest BCUT2D eigenvalue weighted by atomic mass is 35.5. The Morgan fingerprint density at radius 3 is 2.90 bits per heavy atom. The minimum absolute atomic E-state index is 0.147. The van der Waals surface area contributed by atoms with Gasteiger partial charge in [0, 0.05) is 32.1 Å². The van der Waals surface area contributed by atoms with Crippen molar-refractivity contribution in [2.24, 2.45) is 7.05 Å². The summed E-state index contributed by atoms with van der Waals surface area (Å²) in [6.07, 6.45) is 0.917. The van der Waals surface area contributed by atoms with Crippen LogP contribution in [0.4, 0.5) is 0 Å². The van der Waals surface area contributed by atoms with Crippen molar-refractivity contribution in [3.05, 3.63) is 16.4 Å². The van der Waals surface area contributed by atoms with Gasteiger partial charge in [0.15, 0.2) is 0 Å². The number of morpholine rings is 1. The molecule has 6 heteroatoms. The van der Waals surface area contributed by atoms with Crippen molar-refractivity contribution in [2.45, 2.75) is 38.9 Å². The number of hydrogen-bond acceptors (Lipinski definition) is 4. The molecule has 0 radical (unpaired) electrons. The van der Waals surface area contributed by atoms with Gasteiger partial charge in [-0.3, -0.25) is 9.58 Å². The van der Waals surface area contributed by atoms with Crippen LogP contribution in [-0.2, 0) is 18.2 Å². The Labute approximate surface area is 125 Å². The maximum atomic E-state index is 10.4. The van der Waals surface area contributed by atoms with Crippen molar-refractivity contribution in [3.8, 4) is 0 Å². The molecular weight excluding hydrogens is 278 g/mol. The van der Waals surface area contributed by atoms with E-state index in [4.69, 9.17) is 16.3 Å². The number of halogens is 1. The average Bonchev–Trinajstić information content (AvgIpc) is 2.66. The summed E-state index contributed by atoms with van der Waals surface area (Å²) in [4.78, 5) is 2.34. The smallest absolute Gasteiger partial charge is 0.130 e. The zero-order valence-corrected chi connectivity index (χ0v) is 13.2. The van der Waals surface area contributed by atoms with Gasteiger partial charge in [-0.15, -0.1) is 0 Å². The molecule has 1 aliphatic heterocycles. The average molecular weight is 302 g/mol. The van der Waals surface area contributed by atoms with Crippen LogP contribution in [0, 0.1) is 6.92 Å². The van der Waals surface area contributed by atoms with E-state index in [9.17, 15) is 5.11 Å². The van der Waals surface area contributed by atoms with E-state index < -0.39 is 6.10 Å². The van der Waals surface area contributed by atoms with E-state index in [0.29, 0.717) is 18.2 Å². The third kappa shape index (κ3) is 3.52. The number of aliphatic hydroxyl groups excluding tert-OH is 1. The molecular formula is C14H24ClN3O2. The lowest BCUT2D eigenvalue weighted by molar-refractivity contribution is -0.0877. The fourth-order valence-electron chi connectivity index (χ4n) is 2.73. The van der Waals surface area contributed by atoms with E-state index in [1.54, 1.807) is 4.68 Å². The second-order valence-electron chi connectivity index (χ2n) is 5.46. The van der Waals surface area contributed by atoms with Crippen LogP contribution >= 0.6 is 11.6 Å². The molecule has 1 aliphatic rings. The lowest BCUT2D eigenvalue weighted by atomic mass is 10.0. The Kier molecular flexibility index (Phi) is 5.43. The van der Waals surface area contributed by atoms with E-state index in [1.165, 1.54) is 0 Å². The lowest BCUT2D eigenvalue weighted by Gasteiger charge is -2.35. The molecule has 0 amide bonds. The summed E-state index contributed by atoms with van der Waals surface area (Å²) in [6.45, 7) is 7.55. The Morgan fingerprint density at radius 1 is 1.55 bits per heavy atom. The van der Waals surface area contributed by atoms with Crippen molar-refractivity contribution in [2.75, 3.05) is 26.2 Å². The van der Waals surface area contributed by atoms with E-state index in [-0.39, 0.29) is 6.10 Å². The molecule has 2 rings (SSSR count). The molecule has 20 heavy (non-hydrogen) atoms. The molecule has 0 spiro atoms. The minimum Gasteiger partial charge on any atom is -0.390 e. The van der Waals surface area contributed by atoms with Crippen LogP contribution < -0.4 is 0 Å². The molecule has 5 nitrogen and oxygen atoms in total. The van der Waals surface area contributed by atoms with Crippen LogP contribution in [0.5, 0.6) is 0 Å². The number of hydrogen-bond donors (Lipinski definition) is 1. The molecule has 2 unspecified atom stereocenters. The number of aliphatic hydroxyl groups is 1. The maximum absolute atomic E-state index is 10.4. The fourth-order valence-corrected chi connectivity index (χ4v) is 2.98. The Balaban J connectivity index is 1.98. The van der Waals surface area contributed by atoms with Gasteiger partial charge in [-0.05, 0) is 19.9 Å². The van der Waals surface area contributed by atoms with Crippen LogP contribution in [0.3, 0.4) is 0 Å². The van der Waals surface area contributed by atoms with Gasteiger partial charge in [0.05, 0.1) is 24.5 Å². The number of ether oxygens (including phenoxy) is 1. The monoisotopic (exact) mass is 301 g/mol. The summed E-state index contributed by atoms with van der Waals surface area (Å²) in [5.74, 6) is 0. The Bertz CT molecular complexity index is 448. The summed E-state index contributed by atoms with van der Waals surface area (Å²) < 4.78 is 7.36. The Morgan fingerprint density at radius 2 is 2.30 bits per heavy atom. The topological polar surface area (TPSA) is 50.5 Å². The quantitative estimate of drug-likeness (QED) is 0.893. The predicted molar refractivity (Wildman–Crippen MR) is 79.1 cm³/mol. The normalized spacial score (nSPS) is 22.1. The highest BCUT2D eigenvalue weighted by Crippen LogP contribution is 2.22. The van der Waals surface area contributed by atoms with Crippen molar-refractivity contribution >= 4 is 11.6 Å². The van der Waals surface area contributed by atoms with Gasteiger partial charge in [-0.2, -0.15) is 5.10 Å². The summed E-state index contributed by atoms with van der Waals surface area (Å²) in [5, 5.41) is 15.3. The number of rotatable bonds is 5. The highest BCUT2D eigenvalue weighted by Gasteiger charge is 2.28. The molecule has 1 saturated heterocycles. The molecule has 1 aromatic rings. The molecule has 0 aliphatic carbocycles. The minimum atomic E-state index is -0.546. The van der Waals surface area contributed by atoms with E-state index in [0.717, 1.165) is 37.3 Å². The molecule has 0 aromatic carbocycles. The zero-order valence-electron chi connectivity index (χ0n) is 12.5. The third-order valence-electron chi connectivity index (χ3n) is 3.83. The molecule has 114 valence electrons. The van der Waals surface area contributed by atoms with Crippen LogP contribution in [0.25, 0.3) is 0 Å².